The SMILES string of the molecule is CCN(C)Cc1cccc(C)c1PC(CC)(CC)c1cc(C(C)(C)C)cc(C(C)(C)C)c1O. The van der Waals surface area contributed by atoms with Crippen LogP contribution in [-0.4, -0.2) is 23.6 Å². The molecular formula is C30H48NOP. The molecule has 0 heterocycles. The molecule has 184 valence electrons. The first-order valence-electron chi connectivity index (χ1n) is 12.6. The quantitative estimate of drug-likeness (QED) is 0.399. The summed E-state index contributed by atoms with van der Waals surface area (Å²) in [6, 6.07) is 11.3. The Morgan fingerprint density at radius 2 is 1.45 bits per heavy atom. The standard InChI is InChI=1S/C30H48NOP/c1-12-30(13-2,33-27-21(4)16-15-17-22(27)20-31(11)14-3)25-19-23(28(5,6)7)18-24(26(25)32)29(8,9)10/h15-19,32-33H,12-14,20H2,1-11H3. The lowest BCUT2D eigenvalue weighted by Gasteiger charge is -2.38. The Balaban J connectivity index is 2.78. The van der Waals surface area contributed by atoms with E-state index in [-0.39, 0.29) is 16.0 Å². The van der Waals surface area contributed by atoms with Crippen molar-refractivity contribution in [2.45, 2.75) is 105 Å². The zero-order valence-electron chi connectivity index (χ0n) is 23.1. The molecule has 1 unspecified atom stereocenters. The first kappa shape index (κ1) is 27.9. The first-order valence-corrected chi connectivity index (χ1v) is 13.6. The van der Waals surface area contributed by atoms with Crippen molar-refractivity contribution in [2.75, 3.05) is 13.6 Å². The van der Waals surface area contributed by atoms with Gasteiger partial charge in [0.25, 0.3) is 0 Å². The zero-order valence-corrected chi connectivity index (χ0v) is 24.1. The van der Waals surface area contributed by atoms with Crippen LogP contribution in [0.5, 0.6) is 5.75 Å². The second kappa shape index (κ2) is 10.5. The van der Waals surface area contributed by atoms with Gasteiger partial charge in [0.05, 0.1) is 0 Å². The van der Waals surface area contributed by atoms with Crippen molar-refractivity contribution in [3.63, 3.8) is 0 Å². The molecule has 0 bridgehead atoms. The summed E-state index contributed by atoms with van der Waals surface area (Å²) in [6.07, 6.45) is 2.01. The minimum Gasteiger partial charge on any atom is -0.507 e. The molecule has 0 radical (unpaired) electrons. The predicted molar refractivity (Wildman–Crippen MR) is 149 cm³/mol. The number of aromatic hydroxyl groups is 1. The number of phenols is 1. The van der Waals surface area contributed by atoms with Crippen molar-refractivity contribution >= 4 is 13.9 Å². The average molecular weight is 470 g/mol. The minimum atomic E-state index is -0.117. The van der Waals surface area contributed by atoms with Crippen LogP contribution in [0.1, 0.15) is 103 Å². The van der Waals surface area contributed by atoms with Gasteiger partial charge in [-0.1, -0.05) is 101 Å². The van der Waals surface area contributed by atoms with Crippen molar-refractivity contribution in [3.05, 3.63) is 58.1 Å². The van der Waals surface area contributed by atoms with E-state index >= 15 is 0 Å². The van der Waals surface area contributed by atoms with Gasteiger partial charge in [0, 0.05) is 17.3 Å². The van der Waals surface area contributed by atoms with Gasteiger partial charge >= 0.3 is 0 Å². The van der Waals surface area contributed by atoms with Crippen LogP contribution < -0.4 is 5.30 Å². The number of rotatable bonds is 8. The van der Waals surface area contributed by atoms with E-state index in [0.717, 1.165) is 37.1 Å². The summed E-state index contributed by atoms with van der Waals surface area (Å²) < 4.78 is 0. The van der Waals surface area contributed by atoms with Gasteiger partial charge in [0.1, 0.15) is 5.75 Å². The number of nitrogens with zero attached hydrogens (tertiary/aromatic N) is 1. The van der Waals surface area contributed by atoms with Crippen LogP contribution in [0, 0.1) is 6.92 Å². The molecule has 2 nitrogen and oxygen atoms in total. The topological polar surface area (TPSA) is 23.5 Å². The van der Waals surface area contributed by atoms with Crippen molar-refractivity contribution in [2.24, 2.45) is 0 Å². The second-order valence-electron chi connectivity index (χ2n) is 11.8. The van der Waals surface area contributed by atoms with Gasteiger partial charge in [-0.2, -0.15) is 0 Å². The highest BCUT2D eigenvalue weighted by atomic mass is 31.1. The molecule has 0 saturated heterocycles. The van der Waals surface area contributed by atoms with E-state index in [0.29, 0.717) is 14.3 Å². The maximum Gasteiger partial charge on any atom is 0.123 e. The summed E-state index contributed by atoms with van der Waals surface area (Å²) in [5, 5.41) is 13.1. The third-order valence-corrected chi connectivity index (χ3v) is 9.63. The molecule has 3 heteroatoms. The lowest BCUT2D eigenvalue weighted by molar-refractivity contribution is 0.346. The Morgan fingerprint density at radius 1 is 0.879 bits per heavy atom. The number of phenolic OH excluding ortho intramolecular Hbond substituents is 1. The van der Waals surface area contributed by atoms with E-state index in [4.69, 9.17) is 0 Å². The highest BCUT2D eigenvalue weighted by Gasteiger charge is 2.36. The van der Waals surface area contributed by atoms with Crippen LogP contribution in [0.25, 0.3) is 0 Å². The second-order valence-corrected chi connectivity index (χ2v) is 13.5. The van der Waals surface area contributed by atoms with Gasteiger partial charge in [-0.05, 0) is 71.7 Å². The summed E-state index contributed by atoms with van der Waals surface area (Å²) in [6.45, 7) is 24.5. The van der Waals surface area contributed by atoms with E-state index in [9.17, 15) is 5.11 Å². The first-order chi connectivity index (χ1) is 15.2. The van der Waals surface area contributed by atoms with E-state index < -0.39 is 0 Å². The Labute approximate surface area is 206 Å². The molecule has 2 rings (SSSR count). The van der Waals surface area contributed by atoms with Gasteiger partial charge in [0.2, 0.25) is 0 Å². The maximum absolute atomic E-state index is 11.7. The summed E-state index contributed by atoms with van der Waals surface area (Å²) in [4.78, 5) is 2.37. The van der Waals surface area contributed by atoms with Gasteiger partial charge in [-0.3, -0.25) is 0 Å². The zero-order chi connectivity index (χ0) is 25.2. The lowest BCUT2D eigenvalue weighted by Crippen LogP contribution is -2.28. The number of aryl methyl sites for hydroxylation is 1. The molecule has 0 spiro atoms. The number of benzene rings is 2. The lowest BCUT2D eigenvalue weighted by atomic mass is 9.76. The highest BCUT2D eigenvalue weighted by Crippen LogP contribution is 2.53. The number of hydrogen-bond acceptors (Lipinski definition) is 2. The summed E-state index contributed by atoms with van der Waals surface area (Å²) in [7, 11) is 2.80. The average Bonchev–Trinajstić information content (AvgIpc) is 2.72. The summed E-state index contributed by atoms with van der Waals surface area (Å²) >= 11 is 0. The molecule has 0 amide bonds. The Morgan fingerprint density at radius 3 is 1.94 bits per heavy atom. The van der Waals surface area contributed by atoms with E-state index in [1.807, 2.05) is 0 Å². The third kappa shape index (κ3) is 6.20. The monoisotopic (exact) mass is 469 g/mol. The fourth-order valence-corrected chi connectivity index (χ4v) is 6.32. The summed E-state index contributed by atoms with van der Waals surface area (Å²) in [5.41, 5.74) is 6.21. The third-order valence-electron chi connectivity index (χ3n) is 7.21. The molecule has 33 heavy (non-hydrogen) atoms. The van der Waals surface area contributed by atoms with Crippen LogP contribution in [0.4, 0.5) is 0 Å². The normalized spacial score (nSPS) is 13.5. The predicted octanol–water partition coefficient (Wildman–Crippen LogP) is 7.77. The van der Waals surface area contributed by atoms with Crippen LogP contribution in [0.15, 0.2) is 30.3 Å². The van der Waals surface area contributed by atoms with Crippen LogP contribution in [0.3, 0.4) is 0 Å². The van der Waals surface area contributed by atoms with Crippen molar-refractivity contribution in [3.8, 4) is 5.75 Å². The highest BCUT2D eigenvalue weighted by molar-refractivity contribution is 7.48. The van der Waals surface area contributed by atoms with Crippen molar-refractivity contribution in [1.29, 1.82) is 0 Å². The number of hydrogen-bond donors (Lipinski definition) is 1. The van der Waals surface area contributed by atoms with Gasteiger partial charge in [-0.15, -0.1) is 0 Å². The molecule has 0 aliphatic rings. The fraction of sp³-hybridized carbons (Fsp3) is 0.600. The largest absolute Gasteiger partial charge is 0.507 e. The Kier molecular flexibility index (Phi) is 8.86. The molecule has 0 saturated carbocycles. The summed E-state index contributed by atoms with van der Waals surface area (Å²) in [5.74, 6) is 0.507. The van der Waals surface area contributed by atoms with Crippen LogP contribution in [0.2, 0.25) is 0 Å². The molecular weight excluding hydrogens is 421 g/mol. The molecule has 2 aromatic rings. The molecule has 1 atom stereocenters. The van der Waals surface area contributed by atoms with Gasteiger partial charge in [0.15, 0.2) is 0 Å². The van der Waals surface area contributed by atoms with Crippen LogP contribution in [-0.2, 0) is 22.5 Å². The van der Waals surface area contributed by atoms with Crippen molar-refractivity contribution < 1.29 is 5.11 Å². The minimum absolute atomic E-state index is 0.0243. The molecule has 2 aromatic carbocycles. The van der Waals surface area contributed by atoms with E-state index in [2.05, 4.69) is 112 Å². The molecule has 0 aliphatic heterocycles. The smallest absolute Gasteiger partial charge is 0.123 e. The maximum atomic E-state index is 11.7. The fourth-order valence-electron chi connectivity index (χ4n) is 4.56. The molecule has 0 aromatic heterocycles. The molecule has 0 fully saturated rings. The van der Waals surface area contributed by atoms with E-state index in [1.54, 1.807) is 0 Å². The van der Waals surface area contributed by atoms with Gasteiger partial charge < -0.3 is 10.0 Å². The van der Waals surface area contributed by atoms with Crippen molar-refractivity contribution in [1.82, 2.24) is 4.90 Å². The Hall–Kier alpha value is -1.37. The van der Waals surface area contributed by atoms with E-state index in [1.165, 1.54) is 22.0 Å². The Bertz CT molecular complexity index is 945. The van der Waals surface area contributed by atoms with Gasteiger partial charge in [-0.25, -0.2) is 0 Å². The molecule has 1 N–H and O–H groups in total. The van der Waals surface area contributed by atoms with Crippen LogP contribution >= 0.6 is 8.58 Å². The molecule has 0 aliphatic carbocycles.